The van der Waals surface area contributed by atoms with Gasteiger partial charge in [-0.3, -0.25) is 4.79 Å². The number of nitrogens with one attached hydrogen (secondary N) is 1. The van der Waals surface area contributed by atoms with E-state index in [-0.39, 0.29) is 11.9 Å². The zero-order valence-corrected chi connectivity index (χ0v) is 11.8. The lowest BCUT2D eigenvalue weighted by atomic mass is 10.1. The molecule has 1 aliphatic rings. The molecule has 0 aromatic heterocycles. The van der Waals surface area contributed by atoms with E-state index in [0.717, 1.165) is 36.6 Å². The second kappa shape index (κ2) is 6.34. The average molecular weight is 312 g/mol. The highest BCUT2D eigenvalue weighted by Crippen LogP contribution is 2.20. The van der Waals surface area contributed by atoms with Gasteiger partial charge in [0, 0.05) is 4.47 Å². The molecule has 2 N–H and O–H groups in total. The molecular weight excluding hydrogens is 294 g/mol. The maximum atomic E-state index is 12.1. The van der Waals surface area contributed by atoms with Crippen molar-refractivity contribution < 1.29 is 9.90 Å². The van der Waals surface area contributed by atoms with Crippen molar-refractivity contribution in [1.29, 1.82) is 0 Å². The van der Waals surface area contributed by atoms with Gasteiger partial charge < -0.3 is 10.4 Å². The van der Waals surface area contributed by atoms with Crippen molar-refractivity contribution in [1.82, 2.24) is 5.32 Å². The summed E-state index contributed by atoms with van der Waals surface area (Å²) in [7, 11) is 0. The Morgan fingerprint density at radius 1 is 1.22 bits per heavy atom. The minimum Gasteiger partial charge on any atom is -0.391 e. The third kappa shape index (κ3) is 3.33. The smallest absolute Gasteiger partial charge is 0.252 e. The Morgan fingerprint density at radius 3 is 2.72 bits per heavy atom. The van der Waals surface area contributed by atoms with Gasteiger partial charge in [0.25, 0.3) is 5.91 Å². The Kier molecular flexibility index (Phi) is 4.78. The number of halogens is 1. The topological polar surface area (TPSA) is 49.3 Å². The van der Waals surface area contributed by atoms with E-state index >= 15 is 0 Å². The lowest BCUT2D eigenvalue weighted by Crippen LogP contribution is -2.42. The van der Waals surface area contributed by atoms with Crippen molar-refractivity contribution in [2.75, 3.05) is 0 Å². The van der Waals surface area contributed by atoms with Gasteiger partial charge in [0.15, 0.2) is 0 Å². The fourth-order valence-corrected chi connectivity index (χ4v) is 2.81. The van der Waals surface area contributed by atoms with E-state index in [2.05, 4.69) is 21.2 Å². The molecule has 1 aromatic rings. The first kappa shape index (κ1) is 13.6. The highest BCUT2D eigenvalue weighted by molar-refractivity contribution is 9.10. The van der Waals surface area contributed by atoms with E-state index in [1.54, 1.807) is 6.07 Å². The Hall–Kier alpha value is -0.870. The molecule has 2 atom stereocenters. The van der Waals surface area contributed by atoms with Gasteiger partial charge in [-0.15, -0.1) is 0 Å². The number of rotatable bonds is 2. The molecule has 2 unspecified atom stereocenters. The maximum Gasteiger partial charge on any atom is 0.252 e. The lowest BCUT2D eigenvalue weighted by Gasteiger charge is -2.22. The van der Waals surface area contributed by atoms with Gasteiger partial charge >= 0.3 is 0 Å². The summed E-state index contributed by atoms with van der Waals surface area (Å²) in [6, 6.07) is 7.22. The highest BCUT2D eigenvalue weighted by Gasteiger charge is 2.24. The molecule has 0 radical (unpaired) electrons. The fourth-order valence-electron chi connectivity index (χ4n) is 2.35. The van der Waals surface area contributed by atoms with Gasteiger partial charge in [-0.05, 0) is 40.9 Å². The molecule has 4 heteroatoms. The van der Waals surface area contributed by atoms with E-state index < -0.39 is 6.10 Å². The minimum absolute atomic E-state index is 0.117. The fraction of sp³-hybridized carbons (Fsp3) is 0.500. The summed E-state index contributed by atoms with van der Waals surface area (Å²) in [6.45, 7) is 0. The van der Waals surface area contributed by atoms with Gasteiger partial charge in [-0.25, -0.2) is 0 Å². The third-order valence-corrected chi connectivity index (χ3v) is 4.11. The quantitative estimate of drug-likeness (QED) is 0.825. The standard InChI is InChI=1S/C14H18BrNO2/c15-11-7-5-4-6-10(11)14(18)16-12-8-2-1-3-9-13(12)17/h4-7,12-13,17H,1-3,8-9H2,(H,16,18). The van der Waals surface area contributed by atoms with Crippen LogP contribution in [0, 0.1) is 0 Å². The van der Waals surface area contributed by atoms with E-state index in [1.807, 2.05) is 18.2 Å². The number of amides is 1. The van der Waals surface area contributed by atoms with Crippen molar-refractivity contribution in [3.05, 3.63) is 34.3 Å². The average Bonchev–Trinajstić information content (AvgIpc) is 2.55. The summed E-state index contributed by atoms with van der Waals surface area (Å²) in [5.41, 5.74) is 0.619. The third-order valence-electron chi connectivity index (χ3n) is 3.41. The first-order valence-electron chi connectivity index (χ1n) is 6.42. The summed E-state index contributed by atoms with van der Waals surface area (Å²) in [6.07, 6.45) is 4.47. The molecule has 98 valence electrons. The molecule has 1 fully saturated rings. The van der Waals surface area contributed by atoms with E-state index in [4.69, 9.17) is 0 Å². The minimum atomic E-state index is -0.418. The summed E-state index contributed by atoms with van der Waals surface area (Å²) < 4.78 is 0.783. The highest BCUT2D eigenvalue weighted by atomic mass is 79.9. The summed E-state index contributed by atoms with van der Waals surface area (Å²) in [5.74, 6) is -0.117. The van der Waals surface area contributed by atoms with Gasteiger partial charge in [0.1, 0.15) is 0 Å². The summed E-state index contributed by atoms with van der Waals surface area (Å²) in [4.78, 5) is 12.1. The van der Waals surface area contributed by atoms with Crippen molar-refractivity contribution >= 4 is 21.8 Å². The van der Waals surface area contributed by atoms with Gasteiger partial charge in [0.2, 0.25) is 0 Å². The van der Waals surface area contributed by atoms with Crippen LogP contribution in [0.15, 0.2) is 28.7 Å². The van der Waals surface area contributed by atoms with Crippen LogP contribution < -0.4 is 5.32 Å². The van der Waals surface area contributed by atoms with Crippen LogP contribution in [0.1, 0.15) is 42.5 Å². The van der Waals surface area contributed by atoms with Crippen LogP contribution in [0.2, 0.25) is 0 Å². The maximum absolute atomic E-state index is 12.1. The molecule has 0 aliphatic heterocycles. The summed E-state index contributed by atoms with van der Waals surface area (Å²) in [5, 5.41) is 12.9. The van der Waals surface area contributed by atoms with E-state index in [0.29, 0.717) is 5.56 Å². The van der Waals surface area contributed by atoms with Crippen LogP contribution in [0.4, 0.5) is 0 Å². The zero-order chi connectivity index (χ0) is 13.0. The number of carbonyl (C=O) groups is 1. The van der Waals surface area contributed by atoms with Gasteiger partial charge in [-0.2, -0.15) is 0 Å². The van der Waals surface area contributed by atoms with Crippen LogP contribution >= 0.6 is 15.9 Å². The van der Waals surface area contributed by atoms with Crippen LogP contribution in [0.3, 0.4) is 0 Å². The van der Waals surface area contributed by atoms with Crippen molar-refractivity contribution in [2.24, 2.45) is 0 Å². The largest absolute Gasteiger partial charge is 0.391 e. The van der Waals surface area contributed by atoms with Gasteiger partial charge in [-0.1, -0.05) is 31.4 Å². The zero-order valence-electron chi connectivity index (χ0n) is 10.2. The van der Waals surface area contributed by atoms with Crippen LogP contribution in [-0.2, 0) is 0 Å². The molecule has 3 nitrogen and oxygen atoms in total. The van der Waals surface area contributed by atoms with Crippen molar-refractivity contribution in [2.45, 2.75) is 44.2 Å². The second-order valence-corrected chi connectivity index (χ2v) is 5.62. The number of aliphatic hydroxyl groups is 1. The first-order valence-corrected chi connectivity index (χ1v) is 7.21. The van der Waals surface area contributed by atoms with Gasteiger partial charge in [0.05, 0.1) is 17.7 Å². The Morgan fingerprint density at radius 2 is 1.94 bits per heavy atom. The van der Waals surface area contributed by atoms with E-state index in [9.17, 15) is 9.90 Å². The van der Waals surface area contributed by atoms with E-state index in [1.165, 1.54) is 0 Å². The predicted molar refractivity (Wildman–Crippen MR) is 74.5 cm³/mol. The predicted octanol–water partition coefficient (Wildman–Crippen LogP) is 2.87. The van der Waals surface area contributed by atoms with Crippen molar-refractivity contribution in [3.63, 3.8) is 0 Å². The SMILES string of the molecule is O=C(NC1CCCCCC1O)c1ccccc1Br. The Balaban J connectivity index is 2.04. The molecule has 1 saturated carbocycles. The number of benzene rings is 1. The number of hydrogen-bond acceptors (Lipinski definition) is 2. The molecule has 1 aliphatic carbocycles. The molecule has 2 rings (SSSR count). The molecular formula is C14H18BrNO2. The Bertz CT molecular complexity index is 422. The van der Waals surface area contributed by atoms with Crippen LogP contribution in [0.25, 0.3) is 0 Å². The van der Waals surface area contributed by atoms with Crippen LogP contribution in [-0.4, -0.2) is 23.2 Å². The number of aliphatic hydroxyl groups excluding tert-OH is 1. The molecule has 1 amide bonds. The molecule has 0 spiro atoms. The second-order valence-electron chi connectivity index (χ2n) is 4.77. The van der Waals surface area contributed by atoms with Crippen LogP contribution in [0.5, 0.6) is 0 Å². The number of hydrogen-bond donors (Lipinski definition) is 2. The number of carbonyl (C=O) groups excluding carboxylic acids is 1. The first-order chi connectivity index (χ1) is 8.68. The van der Waals surface area contributed by atoms with Crippen molar-refractivity contribution in [3.8, 4) is 0 Å². The molecule has 0 heterocycles. The summed E-state index contributed by atoms with van der Waals surface area (Å²) >= 11 is 3.37. The normalized spacial score (nSPS) is 24.3. The molecule has 0 saturated heterocycles. The lowest BCUT2D eigenvalue weighted by molar-refractivity contribution is 0.0818. The molecule has 18 heavy (non-hydrogen) atoms. The Labute approximate surface area is 116 Å². The monoisotopic (exact) mass is 311 g/mol. The molecule has 0 bridgehead atoms. The molecule has 1 aromatic carbocycles.